The SMILES string of the molecule is CC1(CC(=O)COc2ccc([S+](c3ccccc3)c3ccccc3)cc2)C2CC3CC(C2)CC1C3. The summed E-state index contributed by atoms with van der Waals surface area (Å²) in [4.78, 5) is 16.9. The second-order valence-corrected chi connectivity index (χ2v) is 13.2. The molecule has 3 aromatic rings. The molecule has 0 aliphatic heterocycles. The van der Waals surface area contributed by atoms with Gasteiger partial charge in [-0.3, -0.25) is 4.79 Å². The van der Waals surface area contributed by atoms with Gasteiger partial charge in [0, 0.05) is 6.42 Å². The van der Waals surface area contributed by atoms with Crippen molar-refractivity contribution >= 4 is 16.7 Å². The highest BCUT2D eigenvalue weighted by atomic mass is 32.2. The van der Waals surface area contributed by atoms with Crippen LogP contribution in [0.15, 0.2) is 99.6 Å². The highest BCUT2D eigenvalue weighted by molar-refractivity contribution is 7.97. The molecule has 0 atom stereocenters. The first-order valence-corrected chi connectivity index (χ1v) is 14.4. The Balaban J connectivity index is 1.12. The summed E-state index contributed by atoms with van der Waals surface area (Å²) in [6.07, 6.45) is 7.54. The average molecular weight is 484 g/mol. The quantitative estimate of drug-likeness (QED) is 0.309. The van der Waals surface area contributed by atoms with Crippen molar-refractivity contribution in [3.8, 4) is 5.75 Å². The molecule has 4 bridgehead atoms. The molecule has 4 aliphatic carbocycles. The summed E-state index contributed by atoms with van der Waals surface area (Å²) in [6, 6.07) is 29.7. The summed E-state index contributed by atoms with van der Waals surface area (Å²) in [7, 11) is -0.171. The molecule has 7 rings (SSSR count). The molecule has 2 nitrogen and oxygen atoms in total. The number of carbonyl (C=O) groups excluding carboxylic acids is 1. The van der Waals surface area contributed by atoms with Crippen LogP contribution in [-0.4, -0.2) is 12.4 Å². The number of benzene rings is 3. The van der Waals surface area contributed by atoms with Gasteiger partial charge < -0.3 is 4.74 Å². The number of rotatable bonds is 8. The number of ether oxygens (including phenoxy) is 1. The van der Waals surface area contributed by atoms with Crippen molar-refractivity contribution < 1.29 is 9.53 Å². The third-order valence-electron chi connectivity index (χ3n) is 9.00. The van der Waals surface area contributed by atoms with Crippen LogP contribution in [0.2, 0.25) is 0 Å². The predicted molar refractivity (Wildman–Crippen MR) is 142 cm³/mol. The van der Waals surface area contributed by atoms with Gasteiger partial charge in [-0.2, -0.15) is 0 Å². The van der Waals surface area contributed by atoms with Crippen molar-refractivity contribution in [2.45, 2.75) is 60.1 Å². The Morgan fingerprint density at radius 3 is 1.74 bits per heavy atom. The molecule has 0 saturated heterocycles. The highest BCUT2D eigenvalue weighted by Crippen LogP contribution is 2.63. The Kier molecular flexibility index (Phi) is 6.22. The van der Waals surface area contributed by atoms with Gasteiger partial charge in [0.25, 0.3) is 0 Å². The zero-order chi connectivity index (χ0) is 23.8. The first-order chi connectivity index (χ1) is 17.1. The molecule has 0 spiro atoms. The summed E-state index contributed by atoms with van der Waals surface area (Å²) >= 11 is 0. The zero-order valence-electron chi connectivity index (χ0n) is 20.6. The summed E-state index contributed by atoms with van der Waals surface area (Å²) in [5, 5.41) is 0. The van der Waals surface area contributed by atoms with E-state index in [0.29, 0.717) is 6.42 Å². The standard InChI is InChI=1S/C32H35O2S/c1-32(25-17-23-16-24(19-25)20-26(32)18-23)21-27(33)22-34-28-12-14-31(15-13-28)35(29-8-4-2-5-9-29)30-10-6-3-7-11-30/h2-15,23-26H,16-22H2,1H3/q+1. The van der Waals surface area contributed by atoms with E-state index < -0.39 is 0 Å². The molecule has 0 heterocycles. The van der Waals surface area contributed by atoms with Crippen LogP contribution in [0.3, 0.4) is 0 Å². The lowest BCUT2D eigenvalue weighted by Gasteiger charge is -2.60. The third-order valence-corrected chi connectivity index (χ3v) is 11.2. The van der Waals surface area contributed by atoms with Gasteiger partial charge in [-0.15, -0.1) is 0 Å². The Hall–Kier alpha value is -2.52. The monoisotopic (exact) mass is 483 g/mol. The van der Waals surface area contributed by atoms with E-state index in [-0.39, 0.29) is 28.7 Å². The fourth-order valence-corrected chi connectivity index (χ4v) is 9.47. The minimum atomic E-state index is -0.171. The second-order valence-electron chi connectivity index (χ2n) is 11.2. The van der Waals surface area contributed by atoms with Gasteiger partial charge in [-0.1, -0.05) is 43.3 Å². The fraction of sp³-hybridized carbons (Fsp3) is 0.406. The normalized spacial score (nSPS) is 28.9. The van der Waals surface area contributed by atoms with Crippen LogP contribution in [-0.2, 0) is 15.7 Å². The fourth-order valence-electron chi connectivity index (χ4n) is 7.38. The van der Waals surface area contributed by atoms with E-state index in [1.54, 1.807) is 0 Å². The van der Waals surface area contributed by atoms with Crippen LogP contribution < -0.4 is 4.74 Å². The predicted octanol–water partition coefficient (Wildman–Crippen LogP) is 7.58. The molecule has 35 heavy (non-hydrogen) atoms. The van der Waals surface area contributed by atoms with Gasteiger partial charge in [0.2, 0.25) is 0 Å². The highest BCUT2D eigenvalue weighted by Gasteiger charge is 2.55. The summed E-state index contributed by atoms with van der Waals surface area (Å²) in [5.41, 5.74) is 0.192. The molecule has 0 amide bonds. The minimum Gasteiger partial charge on any atom is -0.486 e. The van der Waals surface area contributed by atoms with E-state index in [4.69, 9.17) is 4.74 Å². The van der Waals surface area contributed by atoms with Gasteiger partial charge in [-0.05, 0) is 110 Å². The lowest BCUT2D eigenvalue weighted by Crippen LogP contribution is -2.52. The Morgan fingerprint density at radius 2 is 1.23 bits per heavy atom. The van der Waals surface area contributed by atoms with Crippen molar-refractivity contribution in [1.82, 2.24) is 0 Å². The molecular weight excluding hydrogens is 448 g/mol. The van der Waals surface area contributed by atoms with Gasteiger partial charge in [0.15, 0.2) is 20.5 Å². The number of hydrogen-bond acceptors (Lipinski definition) is 2. The lowest BCUT2D eigenvalue weighted by atomic mass is 9.45. The van der Waals surface area contributed by atoms with Crippen molar-refractivity contribution in [1.29, 1.82) is 0 Å². The van der Waals surface area contributed by atoms with E-state index in [0.717, 1.165) is 29.4 Å². The molecular formula is C32H35O2S+. The first-order valence-electron chi connectivity index (χ1n) is 13.2. The van der Waals surface area contributed by atoms with Crippen LogP contribution in [0.25, 0.3) is 0 Å². The number of hydrogen-bond donors (Lipinski definition) is 0. The molecule has 180 valence electrons. The van der Waals surface area contributed by atoms with E-state index in [1.807, 2.05) is 12.1 Å². The number of carbonyl (C=O) groups is 1. The molecule has 0 unspecified atom stereocenters. The van der Waals surface area contributed by atoms with Crippen molar-refractivity contribution in [3.63, 3.8) is 0 Å². The van der Waals surface area contributed by atoms with Gasteiger partial charge in [0.1, 0.15) is 12.4 Å². The Labute approximate surface area is 212 Å². The average Bonchev–Trinajstić information content (AvgIpc) is 2.88. The zero-order valence-corrected chi connectivity index (χ0v) is 21.4. The number of ketones is 1. The Bertz CT molecular complexity index is 1090. The van der Waals surface area contributed by atoms with Crippen LogP contribution >= 0.6 is 0 Å². The number of Topliss-reactive ketones (excluding diaryl/α,β-unsaturated/α-hetero) is 1. The first kappa shape index (κ1) is 22.9. The molecule has 0 radical (unpaired) electrons. The molecule has 4 aliphatic rings. The van der Waals surface area contributed by atoms with Crippen LogP contribution in [0.4, 0.5) is 0 Å². The maximum absolute atomic E-state index is 13.0. The maximum atomic E-state index is 13.0. The molecule has 0 aromatic heterocycles. The molecule has 0 N–H and O–H groups in total. The Morgan fingerprint density at radius 1 is 0.743 bits per heavy atom. The molecule has 4 saturated carbocycles. The second kappa shape index (κ2) is 9.50. The third kappa shape index (κ3) is 4.56. The van der Waals surface area contributed by atoms with Crippen LogP contribution in [0.1, 0.15) is 45.4 Å². The minimum absolute atomic E-state index is 0.171. The van der Waals surface area contributed by atoms with Crippen LogP contribution in [0, 0.1) is 29.1 Å². The van der Waals surface area contributed by atoms with Crippen molar-refractivity contribution in [2.24, 2.45) is 29.1 Å². The largest absolute Gasteiger partial charge is 0.486 e. The van der Waals surface area contributed by atoms with Crippen molar-refractivity contribution in [3.05, 3.63) is 84.9 Å². The van der Waals surface area contributed by atoms with Crippen molar-refractivity contribution in [2.75, 3.05) is 6.61 Å². The van der Waals surface area contributed by atoms with E-state index in [1.165, 1.54) is 46.8 Å². The summed E-state index contributed by atoms with van der Waals surface area (Å²) in [5.74, 6) is 4.41. The maximum Gasteiger partial charge on any atom is 0.170 e. The lowest BCUT2D eigenvalue weighted by molar-refractivity contribution is -0.137. The summed E-state index contributed by atoms with van der Waals surface area (Å²) < 4.78 is 6.01. The van der Waals surface area contributed by atoms with E-state index in [9.17, 15) is 4.79 Å². The molecule has 3 heteroatoms. The molecule has 3 aromatic carbocycles. The van der Waals surface area contributed by atoms with Crippen LogP contribution in [0.5, 0.6) is 5.75 Å². The van der Waals surface area contributed by atoms with Gasteiger partial charge >= 0.3 is 0 Å². The van der Waals surface area contributed by atoms with Gasteiger partial charge in [0.05, 0.1) is 10.9 Å². The van der Waals surface area contributed by atoms with E-state index >= 15 is 0 Å². The van der Waals surface area contributed by atoms with Gasteiger partial charge in [-0.25, -0.2) is 0 Å². The topological polar surface area (TPSA) is 26.3 Å². The molecule has 4 fully saturated rings. The smallest absolute Gasteiger partial charge is 0.170 e. The summed E-state index contributed by atoms with van der Waals surface area (Å²) in [6.45, 7) is 2.59. The van der Waals surface area contributed by atoms with E-state index in [2.05, 4.69) is 79.7 Å².